The van der Waals surface area contributed by atoms with Gasteiger partial charge < -0.3 is 5.32 Å². The second-order valence-corrected chi connectivity index (χ2v) is 8.05. The van der Waals surface area contributed by atoms with Crippen molar-refractivity contribution in [1.82, 2.24) is 9.55 Å². The SMILES string of the molecule is Cc1sc2ncn([C@H](C)C(=O)Nc3ccc(F)cc3)c(=O)c2c1-c1ccc(F)cc1. The summed E-state index contributed by atoms with van der Waals surface area (Å²) in [6.07, 6.45) is 1.35. The van der Waals surface area contributed by atoms with Gasteiger partial charge >= 0.3 is 0 Å². The van der Waals surface area contributed by atoms with Crippen LogP contribution in [0.25, 0.3) is 21.3 Å². The Labute approximate surface area is 174 Å². The molecule has 2 aromatic heterocycles. The summed E-state index contributed by atoms with van der Waals surface area (Å²) in [5.74, 6) is -1.20. The van der Waals surface area contributed by atoms with Crippen molar-refractivity contribution in [1.29, 1.82) is 0 Å². The van der Waals surface area contributed by atoms with Gasteiger partial charge in [-0.1, -0.05) is 12.1 Å². The van der Waals surface area contributed by atoms with Gasteiger partial charge in [-0.2, -0.15) is 0 Å². The maximum atomic E-state index is 13.3. The van der Waals surface area contributed by atoms with Gasteiger partial charge in [-0.05, 0) is 55.8 Å². The molecule has 2 aromatic carbocycles. The minimum atomic E-state index is -0.847. The van der Waals surface area contributed by atoms with E-state index < -0.39 is 17.8 Å². The first-order valence-corrected chi connectivity index (χ1v) is 9.99. The van der Waals surface area contributed by atoms with Crippen molar-refractivity contribution < 1.29 is 13.6 Å². The van der Waals surface area contributed by atoms with Crippen LogP contribution in [0.3, 0.4) is 0 Å². The molecule has 152 valence electrons. The van der Waals surface area contributed by atoms with E-state index in [1.807, 2.05) is 6.92 Å². The van der Waals surface area contributed by atoms with E-state index in [0.29, 0.717) is 27.0 Å². The molecule has 1 amide bonds. The van der Waals surface area contributed by atoms with E-state index in [4.69, 9.17) is 0 Å². The molecule has 5 nitrogen and oxygen atoms in total. The van der Waals surface area contributed by atoms with Crippen LogP contribution in [0.2, 0.25) is 0 Å². The number of aryl methyl sites for hydroxylation is 1. The highest BCUT2D eigenvalue weighted by atomic mass is 32.1. The quantitative estimate of drug-likeness (QED) is 0.505. The minimum absolute atomic E-state index is 0.356. The minimum Gasteiger partial charge on any atom is -0.324 e. The fourth-order valence-corrected chi connectivity index (χ4v) is 4.27. The van der Waals surface area contributed by atoms with Crippen LogP contribution in [0, 0.1) is 18.6 Å². The fourth-order valence-electron chi connectivity index (χ4n) is 3.26. The largest absolute Gasteiger partial charge is 0.324 e. The van der Waals surface area contributed by atoms with Crippen LogP contribution in [0.5, 0.6) is 0 Å². The monoisotopic (exact) mass is 425 g/mol. The Kier molecular flexibility index (Phi) is 5.17. The molecule has 1 atom stereocenters. The van der Waals surface area contributed by atoms with Crippen LogP contribution in [-0.4, -0.2) is 15.5 Å². The zero-order valence-electron chi connectivity index (χ0n) is 16.1. The summed E-state index contributed by atoms with van der Waals surface area (Å²) in [7, 11) is 0. The van der Waals surface area contributed by atoms with Crippen LogP contribution in [-0.2, 0) is 4.79 Å². The molecule has 0 fully saturated rings. The molecule has 0 saturated carbocycles. The van der Waals surface area contributed by atoms with Gasteiger partial charge in [0.1, 0.15) is 22.5 Å². The van der Waals surface area contributed by atoms with Gasteiger partial charge in [-0.3, -0.25) is 14.2 Å². The molecular weight excluding hydrogens is 408 g/mol. The summed E-state index contributed by atoms with van der Waals surface area (Å²) in [5.41, 5.74) is 1.47. The van der Waals surface area contributed by atoms with E-state index in [2.05, 4.69) is 10.3 Å². The van der Waals surface area contributed by atoms with Crippen LogP contribution in [0.15, 0.2) is 59.7 Å². The Bertz CT molecular complexity index is 1300. The number of nitrogens with one attached hydrogen (secondary N) is 1. The van der Waals surface area contributed by atoms with E-state index in [9.17, 15) is 18.4 Å². The first-order valence-electron chi connectivity index (χ1n) is 9.18. The second kappa shape index (κ2) is 7.79. The second-order valence-electron chi connectivity index (χ2n) is 6.85. The van der Waals surface area contributed by atoms with Gasteiger partial charge in [0.05, 0.1) is 11.7 Å². The van der Waals surface area contributed by atoms with E-state index in [1.54, 1.807) is 19.1 Å². The number of hydrogen-bond donors (Lipinski definition) is 1. The Morgan fingerprint density at radius 1 is 1.07 bits per heavy atom. The van der Waals surface area contributed by atoms with Crippen molar-refractivity contribution in [3.63, 3.8) is 0 Å². The van der Waals surface area contributed by atoms with Gasteiger partial charge in [0.2, 0.25) is 5.91 Å². The summed E-state index contributed by atoms with van der Waals surface area (Å²) in [5, 5.41) is 3.06. The molecule has 30 heavy (non-hydrogen) atoms. The molecular formula is C22H17F2N3O2S. The molecule has 0 unspecified atom stereocenters. The molecule has 4 aromatic rings. The zero-order chi connectivity index (χ0) is 21.4. The van der Waals surface area contributed by atoms with E-state index in [1.165, 1.54) is 58.6 Å². The van der Waals surface area contributed by atoms with Gasteiger partial charge in [0, 0.05) is 16.1 Å². The molecule has 0 aliphatic heterocycles. The number of rotatable bonds is 4. The molecule has 4 rings (SSSR count). The van der Waals surface area contributed by atoms with Crippen molar-refractivity contribution in [3.05, 3.63) is 81.7 Å². The number of nitrogens with zero attached hydrogens (tertiary/aromatic N) is 2. The number of carbonyl (C=O) groups excluding carboxylic acids is 1. The Morgan fingerprint density at radius 2 is 1.67 bits per heavy atom. The molecule has 0 aliphatic rings. The molecule has 0 radical (unpaired) electrons. The van der Waals surface area contributed by atoms with Crippen LogP contribution in [0.4, 0.5) is 14.5 Å². The van der Waals surface area contributed by atoms with E-state index in [0.717, 1.165) is 4.88 Å². The smallest absolute Gasteiger partial charge is 0.263 e. The number of thiophene rings is 1. The summed E-state index contributed by atoms with van der Waals surface area (Å²) in [4.78, 5) is 31.7. The average molecular weight is 425 g/mol. The molecule has 0 saturated heterocycles. The van der Waals surface area contributed by atoms with Gasteiger partial charge in [-0.25, -0.2) is 13.8 Å². The highest BCUT2D eigenvalue weighted by Crippen LogP contribution is 2.35. The summed E-state index contributed by atoms with van der Waals surface area (Å²) in [6.45, 7) is 3.46. The third kappa shape index (κ3) is 3.61. The van der Waals surface area contributed by atoms with Crippen molar-refractivity contribution in [3.8, 4) is 11.1 Å². The molecule has 1 N–H and O–H groups in total. The number of halogens is 2. The number of aromatic nitrogens is 2. The van der Waals surface area contributed by atoms with Crippen LogP contribution in [0.1, 0.15) is 17.8 Å². The van der Waals surface area contributed by atoms with Crippen molar-refractivity contribution in [2.45, 2.75) is 19.9 Å². The topological polar surface area (TPSA) is 64.0 Å². The molecule has 0 spiro atoms. The Morgan fingerprint density at radius 3 is 2.30 bits per heavy atom. The lowest BCUT2D eigenvalue weighted by molar-refractivity contribution is -0.118. The van der Waals surface area contributed by atoms with Gasteiger partial charge in [0.25, 0.3) is 5.56 Å². The number of carbonyl (C=O) groups is 1. The summed E-state index contributed by atoms with van der Waals surface area (Å²) in [6, 6.07) is 10.4. The predicted molar refractivity (Wildman–Crippen MR) is 114 cm³/mol. The number of hydrogen-bond acceptors (Lipinski definition) is 4. The predicted octanol–water partition coefficient (Wildman–Crippen LogP) is 4.91. The standard InChI is InChI=1S/C22H17F2N3O2S/c1-12(20(28)26-17-9-7-16(24)8-10-17)27-11-25-21-19(22(27)29)18(13(2)30-21)14-3-5-15(23)6-4-14/h3-12H,1-2H3,(H,26,28)/t12-/m1/s1. The maximum Gasteiger partial charge on any atom is 0.263 e. The first kappa shape index (κ1) is 19.9. The maximum absolute atomic E-state index is 13.3. The van der Waals surface area contributed by atoms with E-state index in [-0.39, 0.29) is 11.4 Å². The Hall–Kier alpha value is -3.39. The van der Waals surface area contributed by atoms with Crippen molar-refractivity contribution in [2.24, 2.45) is 0 Å². The van der Waals surface area contributed by atoms with Crippen molar-refractivity contribution >= 4 is 33.1 Å². The highest BCUT2D eigenvalue weighted by molar-refractivity contribution is 7.19. The molecule has 0 bridgehead atoms. The third-order valence-electron chi connectivity index (χ3n) is 4.85. The number of amides is 1. The molecule has 0 aliphatic carbocycles. The molecule has 8 heteroatoms. The third-order valence-corrected chi connectivity index (χ3v) is 5.87. The zero-order valence-corrected chi connectivity index (χ0v) is 17.0. The number of fused-ring (bicyclic) bond motifs is 1. The normalized spacial score (nSPS) is 12.1. The van der Waals surface area contributed by atoms with Gasteiger partial charge in [-0.15, -0.1) is 11.3 Å². The Balaban J connectivity index is 1.74. The average Bonchev–Trinajstić information content (AvgIpc) is 3.07. The van der Waals surface area contributed by atoms with Crippen LogP contribution < -0.4 is 10.9 Å². The lowest BCUT2D eigenvalue weighted by atomic mass is 10.0. The highest BCUT2D eigenvalue weighted by Gasteiger charge is 2.22. The van der Waals surface area contributed by atoms with Crippen molar-refractivity contribution in [2.75, 3.05) is 5.32 Å². The number of anilines is 1. The van der Waals surface area contributed by atoms with E-state index >= 15 is 0 Å². The lowest BCUT2D eigenvalue weighted by Gasteiger charge is -2.15. The van der Waals surface area contributed by atoms with Crippen LogP contribution >= 0.6 is 11.3 Å². The number of benzene rings is 2. The first-order chi connectivity index (χ1) is 14.3. The fraction of sp³-hybridized carbons (Fsp3) is 0.136. The molecule has 2 heterocycles. The summed E-state index contributed by atoms with van der Waals surface area (Å²) >= 11 is 1.37. The lowest BCUT2D eigenvalue weighted by Crippen LogP contribution is -2.31. The summed E-state index contributed by atoms with van der Waals surface area (Å²) < 4.78 is 27.7. The van der Waals surface area contributed by atoms with Gasteiger partial charge in [0.15, 0.2) is 0 Å².